The van der Waals surface area contributed by atoms with E-state index >= 15 is 0 Å². The molecular formula is C19H23N3O4. The fourth-order valence-electron chi connectivity index (χ4n) is 3.61. The number of aromatic nitrogens is 2. The van der Waals surface area contributed by atoms with Crippen LogP contribution in [0.15, 0.2) is 24.3 Å². The molecule has 0 spiro atoms. The maximum absolute atomic E-state index is 12.5. The van der Waals surface area contributed by atoms with Crippen LogP contribution in [-0.2, 0) is 17.6 Å². The van der Waals surface area contributed by atoms with Crippen molar-refractivity contribution in [3.8, 4) is 11.5 Å². The number of hydrogen-bond acceptors (Lipinski definition) is 5. The van der Waals surface area contributed by atoms with E-state index in [9.17, 15) is 9.90 Å². The minimum atomic E-state index is -0.499. The quantitative estimate of drug-likeness (QED) is 0.845. The van der Waals surface area contributed by atoms with Crippen LogP contribution < -0.4 is 9.47 Å². The van der Waals surface area contributed by atoms with Crippen LogP contribution in [0.5, 0.6) is 11.5 Å². The van der Waals surface area contributed by atoms with E-state index in [-0.39, 0.29) is 18.6 Å². The summed E-state index contributed by atoms with van der Waals surface area (Å²) in [6.45, 7) is 3.18. The Balaban J connectivity index is 1.31. The minimum Gasteiger partial charge on any atom is -0.454 e. The lowest BCUT2D eigenvalue weighted by molar-refractivity contribution is -0.130. The van der Waals surface area contributed by atoms with Crippen LogP contribution in [0.25, 0.3) is 0 Å². The number of carbonyl (C=O) groups excluding carboxylic acids is 1. The Kier molecular flexibility index (Phi) is 4.55. The van der Waals surface area contributed by atoms with Crippen molar-refractivity contribution in [3.05, 3.63) is 41.2 Å². The number of fused-ring (bicyclic) bond motifs is 1. The lowest BCUT2D eigenvalue weighted by Gasteiger charge is -2.16. The second-order valence-electron chi connectivity index (χ2n) is 7.06. The zero-order valence-corrected chi connectivity index (χ0v) is 14.8. The molecule has 7 nitrogen and oxygen atoms in total. The molecule has 0 bridgehead atoms. The lowest BCUT2D eigenvalue weighted by Crippen LogP contribution is -2.29. The molecule has 0 unspecified atom stereocenters. The molecule has 0 radical (unpaired) electrons. The summed E-state index contributed by atoms with van der Waals surface area (Å²) in [6, 6.07) is 7.75. The number of H-pyrrole nitrogens is 1. The fraction of sp³-hybridized carbons (Fsp3) is 0.474. The van der Waals surface area contributed by atoms with Crippen LogP contribution in [0.3, 0.4) is 0 Å². The summed E-state index contributed by atoms with van der Waals surface area (Å²) in [5.74, 6) is 1.59. The first kappa shape index (κ1) is 16.9. The molecule has 2 aliphatic heterocycles. The van der Waals surface area contributed by atoms with Gasteiger partial charge in [-0.25, -0.2) is 0 Å². The molecule has 0 saturated carbocycles. The number of aromatic amines is 1. The number of aliphatic hydroxyl groups excluding tert-OH is 1. The summed E-state index contributed by atoms with van der Waals surface area (Å²) in [4.78, 5) is 14.3. The number of amides is 1. The number of carbonyl (C=O) groups is 1. The van der Waals surface area contributed by atoms with Gasteiger partial charge in [-0.1, -0.05) is 6.07 Å². The Bertz CT molecular complexity index is 804. The summed E-state index contributed by atoms with van der Waals surface area (Å²) < 4.78 is 10.7. The fourth-order valence-corrected chi connectivity index (χ4v) is 3.61. The summed E-state index contributed by atoms with van der Waals surface area (Å²) >= 11 is 0. The molecule has 3 heterocycles. The average molecular weight is 357 g/mol. The van der Waals surface area contributed by atoms with Gasteiger partial charge in [-0.05, 0) is 43.5 Å². The summed E-state index contributed by atoms with van der Waals surface area (Å²) in [5.41, 5.74) is 2.98. The highest BCUT2D eigenvalue weighted by Gasteiger charge is 2.34. The smallest absolute Gasteiger partial charge is 0.231 e. The molecule has 2 N–H and O–H groups in total. The van der Waals surface area contributed by atoms with Gasteiger partial charge in [0.15, 0.2) is 11.5 Å². The Labute approximate surface area is 151 Å². The van der Waals surface area contributed by atoms with Gasteiger partial charge in [0.05, 0.1) is 11.8 Å². The molecule has 2 atom stereocenters. The molecule has 2 aromatic rings. The van der Waals surface area contributed by atoms with Crippen LogP contribution in [0.4, 0.5) is 0 Å². The zero-order chi connectivity index (χ0) is 18.1. The first-order valence-electron chi connectivity index (χ1n) is 8.94. The van der Waals surface area contributed by atoms with Crippen molar-refractivity contribution in [1.82, 2.24) is 15.1 Å². The van der Waals surface area contributed by atoms with Gasteiger partial charge in [0.25, 0.3) is 0 Å². The number of rotatable bonds is 5. The highest BCUT2D eigenvalue weighted by atomic mass is 16.7. The Morgan fingerprint density at radius 2 is 2.15 bits per heavy atom. The Morgan fingerprint density at radius 3 is 2.96 bits per heavy atom. The monoisotopic (exact) mass is 357 g/mol. The van der Waals surface area contributed by atoms with Gasteiger partial charge in [-0.3, -0.25) is 9.89 Å². The van der Waals surface area contributed by atoms with Crippen molar-refractivity contribution < 1.29 is 19.4 Å². The Morgan fingerprint density at radius 1 is 1.31 bits per heavy atom. The van der Waals surface area contributed by atoms with E-state index in [4.69, 9.17) is 9.47 Å². The summed E-state index contributed by atoms with van der Waals surface area (Å²) in [5, 5.41) is 17.4. The predicted molar refractivity (Wildman–Crippen MR) is 94.0 cm³/mol. The van der Waals surface area contributed by atoms with Gasteiger partial charge in [0, 0.05) is 31.1 Å². The van der Waals surface area contributed by atoms with Gasteiger partial charge in [0.1, 0.15) is 0 Å². The molecule has 1 aromatic heterocycles. The second-order valence-corrected chi connectivity index (χ2v) is 7.06. The zero-order valence-electron chi connectivity index (χ0n) is 14.8. The SMILES string of the molecule is Cc1cc(C[C@@H]2CN(C(=O)CCc3ccc4c(c3)OCO4)C[C@H]2O)n[nH]1. The molecule has 26 heavy (non-hydrogen) atoms. The summed E-state index contributed by atoms with van der Waals surface area (Å²) in [6.07, 6.45) is 1.24. The van der Waals surface area contributed by atoms with Gasteiger partial charge < -0.3 is 19.5 Å². The largest absolute Gasteiger partial charge is 0.454 e. The van der Waals surface area contributed by atoms with Gasteiger partial charge in [0.2, 0.25) is 12.7 Å². The van der Waals surface area contributed by atoms with Gasteiger partial charge in [-0.2, -0.15) is 5.10 Å². The highest BCUT2D eigenvalue weighted by molar-refractivity contribution is 5.77. The first-order chi connectivity index (χ1) is 12.6. The number of benzene rings is 1. The maximum Gasteiger partial charge on any atom is 0.231 e. The minimum absolute atomic E-state index is 0.0344. The number of aliphatic hydroxyl groups is 1. The van der Waals surface area contributed by atoms with Gasteiger partial charge in [-0.15, -0.1) is 0 Å². The highest BCUT2D eigenvalue weighted by Crippen LogP contribution is 2.33. The molecule has 7 heteroatoms. The number of likely N-dealkylation sites (tertiary alicyclic amines) is 1. The second kappa shape index (κ2) is 6.99. The Hall–Kier alpha value is -2.54. The molecule has 1 fully saturated rings. The van der Waals surface area contributed by atoms with Crippen molar-refractivity contribution in [2.45, 2.75) is 32.3 Å². The number of nitrogens with one attached hydrogen (secondary N) is 1. The molecule has 138 valence electrons. The number of nitrogens with zero attached hydrogens (tertiary/aromatic N) is 2. The molecule has 4 rings (SSSR count). The number of ether oxygens (including phenoxy) is 2. The summed E-state index contributed by atoms with van der Waals surface area (Å²) in [7, 11) is 0. The van der Waals surface area contributed by atoms with Crippen LogP contribution in [0, 0.1) is 12.8 Å². The van der Waals surface area contributed by atoms with Crippen LogP contribution in [-0.4, -0.2) is 52.1 Å². The molecular weight excluding hydrogens is 334 g/mol. The van der Waals surface area contributed by atoms with E-state index in [0.29, 0.717) is 32.4 Å². The third kappa shape index (κ3) is 3.53. The third-order valence-electron chi connectivity index (χ3n) is 5.05. The molecule has 2 aliphatic rings. The number of aryl methyl sites for hydroxylation is 2. The van der Waals surface area contributed by atoms with Crippen LogP contribution in [0.1, 0.15) is 23.4 Å². The maximum atomic E-state index is 12.5. The predicted octanol–water partition coefficient (Wildman–Crippen LogP) is 1.44. The topological polar surface area (TPSA) is 87.7 Å². The lowest BCUT2D eigenvalue weighted by atomic mass is 10.0. The van der Waals surface area contributed by atoms with Crippen LogP contribution in [0.2, 0.25) is 0 Å². The first-order valence-corrected chi connectivity index (χ1v) is 8.94. The average Bonchev–Trinajstić information content (AvgIpc) is 3.33. The van der Waals surface area contributed by atoms with Crippen molar-refractivity contribution in [2.75, 3.05) is 19.9 Å². The van der Waals surface area contributed by atoms with Crippen LogP contribution >= 0.6 is 0 Å². The number of β-amino-alcohol motifs (C(OH)–C–C–N with tert-alkyl or cyclic N) is 1. The van der Waals surface area contributed by atoms with E-state index < -0.39 is 6.10 Å². The van der Waals surface area contributed by atoms with Gasteiger partial charge >= 0.3 is 0 Å². The van der Waals surface area contributed by atoms with E-state index in [2.05, 4.69) is 10.2 Å². The van der Waals surface area contributed by atoms with Crippen molar-refractivity contribution >= 4 is 5.91 Å². The van der Waals surface area contributed by atoms with E-state index in [1.165, 1.54) is 0 Å². The molecule has 1 aromatic carbocycles. The van der Waals surface area contributed by atoms with Crippen molar-refractivity contribution in [1.29, 1.82) is 0 Å². The molecule has 0 aliphatic carbocycles. The van der Waals surface area contributed by atoms with E-state index in [0.717, 1.165) is 28.5 Å². The normalized spacial score (nSPS) is 21.4. The van der Waals surface area contributed by atoms with E-state index in [1.54, 1.807) is 4.90 Å². The number of hydrogen-bond donors (Lipinski definition) is 2. The van der Waals surface area contributed by atoms with Crippen molar-refractivity contribution in [3.63, 3.8) is 0 Å². The third-order valence-corrected chi connectivity index (χ3v) is 5.05. The van der Waals surface area contributed by atoms with E-state index in [1.807, 2.05) is 31.2 Å². The molecule has 1 amide bonds. The van der Waals surface area contributed by atoms with Crippen molar-refractivity contribution in [2.24, 2.45) is 5.92 Å². The standard InChI is InChI=1S/C19H23N3O4/c1-12-6-15(21-20-12)8-14-9-22(10-16(14)23)19(24)5-3-13-2-4-17-18(7-13)26-11-25-17/h2,4,6-7,14,16,23H,3,5,8-11H2,1H3,(H,20,21)/t14-,16-/m1/s1. The molecule has 1 saturated heterocycles.